The molecule has 0 amide bonds. The molecule has 0 unspecified atom stereocenters. The summed E-state index contributed by atoms with van der Waals surface area (Å²) < 4.78 is 0. The van der Waals surface area contributed by atoms with Gasteiger partial charge >= 0.3 is 0 Å². The maximum Gasteiger partial charge on any atom is 0.0864 e. The van der Waals surface area contributed by atoms with Crippen molar-refractivity contribution in [2.75, 3.05) is 0 Å². The van der Waals surface area contributed by atoms with Gasteiger partial charge in [-0.2, -0.15) is 0 Å². The first-order valence-corrected chi connectivity index (χ1v) is 8.36. The van der Waals surface area contributed by atoms with Gasteiger partial charge in [-0.3, -0.25) is 0 Å². The monoisotopic (exact) mass is 196 g/mol. The van der Waals surface area contributed by atoms with E-state index in [0.717, 1.165) is 0 Å². The second-order valence-corrected chi connectivity index (χ2v) is 8.86. The molecule has 13 heavy (non-hydrogen) atoms. The van der Waals surface area contributed by atoms with Crippen molar-refractivity contribution < 1.29 is 0 Å². The van der Waals surface area contributed by atoms with Gasteiger partial charge in [0.1, 0.15) is 0 Å². The quantitative estimate of drug-likeness (QED) is 0.432. The summed E-state index contributed by atoms with van der Waals surface area (Å²) in [6.07, 6.45) is 4.61. The third kappa shape index (κ3) is 4.49. The lowest BCUT2D eigenvalue weighted by molar-refractivity contribution is 0.960. The Labute approximate surface area is 84.8 Å². The smallest absolute Gasteiger partial charge is 0.0864 e. The molecule has 0 fully saturated rings. The van der Waals surface area contributed by atoms with Gasteiger partial charge in [-0.1, -0.05) is 57.9 Å². The van der Waals surface area contributed by atoms with Crippen molar-refractivity contribution in [2.45, 2.75) is 58.7 Å². The van der Waals surface area contributed by atoms with E-state index < -0.39 is 8.07 Å². The molecule has 0 saturated carbocycles. The molecule has 0 bridgehead atoms. The van der Waals surface area contributed by atoms with Crippen molar-refractivity contribution in [3.63, 3.8) is 0 Å². The lowest BCUT2D eigenvalue weighted by Gasteiger charge is -2.21. The predicted octanol–water partition coefficient (Wildman–Crippen LogP) is 4.55. The molecule has 0 aromatic heterocycles. The number of rotatable bonds is 6. The number of hydrogen-bond acceptors (Lipinski definition) is 0. The summed E-state index contributed by atoms with van der Waals surface area (Å²) in [5, 5.41) is 0. The van der Waals surface area contributed by atoms with Gasteiger partial charge in [-0.05, 0) is 12.5 Å². The van der Waals surface area contributed by atoms with E-state index >= 15 is 0 Å². The standard InChI is InChI=1S/C12H24Si/c1-5-9-10-11-12-13(6-2,7-3)8-4/h10,12H,5-9H2,1-4H3. The normalized spacial score (nSPS) is 10.8. The molecular weight excluding hydrogens is 172 g/mol. The molecule has 0 aliphatic carbocycles. The summed E-state index contributed by atoms with van der Waals surface area (Å²) in [6, 6.07) is 4.10. The van der Waals surface area contributed by atoms with E-state index in [1.807, 2.05) is 0 Å². The first-order valence-electron chi connectivity index (χ1n) is 5.66. The van der Waals surface area contributed by atoms with Crippen LogP contribution in [-0.4, -0.2) is 8.07 Å². The molecule has 0 aromatic rings. The highest BCUT2D eigenvalue weighted by Gasteiger charge is 2.22. The fourth-order valence-corrected chi connectivity index (χ4v) is 4.10. The lowest BCUT2D eigenvalue weighted by Crippen LogP contribution is -2.28. The summed E-state index contributed by atoms with van der Waals surface area (Å²) in [5.74, 6) is 0. The minimum absolute atomic E-state index is 1.03. The Morgan fingerprint density at radius 1 is 1.00 bits per heavy atom. The number of allylic oxidation sites excluding steroid dienone is 1. The summed E-state index contributed by atoms with van der Waals surface area (Å²) in [6.45, 7) is 9.20. The van der Waals surface area contributed by atoms with Gasteiger partial charge in [0.2, 0.25) is 0 Å². The van der Waals surface area contributed by atoms with E-state index in [1.165, 1.54) is 31.0 Å². The SMILES string of the molecule is CCCC=C=C[Si](CC)(CC)CC. The molecule has 0 aliphatic rings. The van der Waals surface area contributed by atoms with Gasteiger partial charge in [0.05, 0.1) is 8.07 Å². The van der Waals surface area contributed by atoms with Crippen LogP contribution in [0, 0.1) is 0 Å². The molecule has 0 aromatic carbocycles. The van der Waals surface area contributed by atoms with Crippen LogP contribution in [0.4, 0.5) is 0 Å². The molecule has 0 rings (SSSR count). The van der Waals surface area contributed by atoms with Crippen LogP contribution < -0.4 is 0 Å². The Kier molecular flexibility index (Phi) is 7.03. The number of unbranched alkanes of at least 4 members (excludes halogenated alkanes) is 1. The molecule has 0 spiro atoms. The van der Waals surface area contributed by atoms with Crippen molar-refractivity contribution in [3.05, 3.63) is 17.5 Å². The van der Waals surface area contributed by atoms with Gasteiger partial charge < -0.3 is 0 Å². The van der Waals surface area contributed by atoms with E-state index in [0.29, 0.717) is 0 Å². The van der Waals surface area contributed by atoms with Crippen molar-refractivity contribution in [2.24, 2.45) is 0 Å². The minimum atomic E-state index is -1.03. The highest BCUT2D eigenvalue weighted by Crippen LogP contribution is 2.20. The average Bonchev–Trinajstić information content (AvgIpc) is 2.20. The predicted molar refractivity (Wildman–Crippen MR) is 64.8 cm³/mol. The van der Waals surface area contributed by atoms with Crippen molar-refractivity contribution in [3.8, 4) is 0 Å². The third-order valence-electron chi connectivity index (χ3n) is 3.05. The summed E-state index contributed by atoms with van der Waals surface area (Å²) in [5.41, 5.74) is 5.81. The maximum atomic E-state index is 3.39. The topological polar surface area (TPSA) is 0 Å². The van der Waals surface area contributed by atoms with Crippen LogP contribution in [0.1, 0.15) is 40.5 Å². The van der Waals surface area contributed by atoms with Crippen molar-refractivity contribution in [1.82, 2.24) is 0 Å². The van der Waals surface area contributed by atoms with Crippen LogP contribution in [-0.2, 0) is 0 Å². The van der Waals surface area contributed by atoms with Crippen molar-refractivity contribution in [1.29, 1.82) is 0 Å². The molecular formula is C12H24Si. The third-order valence-corrected chi connectivity index (χ3v) is 8.06. The molecule has 76 valence electrons. The minimum Gasteiger partial charge on any atom is -0.134 e. The second kappa shape index (κ2) is 7.17. The molecule has 0 N–H and O–H groups in total. The fraction of sp³-hybridized carbons (Fsp3) is 0.750. The van der Waals surface area contributed by atoms with Crippen molar-refractivity contribution >= 4 is 8.07 Å². The van der Waals surface area contributed by atoms with Gasteiger partial charge in [-0.25, -0.2) is 0 Å². The van der Waals surface area contributed by atoms with Crippen LogP contribution >= 0.6 is 0 Å². The van der Waals surface area contributed by atoms with Crippen LogP contribution in [0.2, 0.25) is 18.1 Å². The number of hydrogen-bond donors (Lipinski definition) is 0. The van der Waals surface area contributed by atoms with E-state index in [2.05, 4.69) is 45.2 Å². The summed E-state index contributed by atoms with van der Waals surface area (Å²) in [4.78, 5) is 0. The average molecular weight is 196 g/mol. The second-order valence-electron chi connectivity index (χ2n) is 3.73. The molecule has 0 saturated heterocycles. The summed E-state index contributed by atoms with van der Waals surface area (Å²) >= 11 is 0. The van der Waals surface area contributed by atoms with E-state index in [9.17, 15) is 0 Å². The Morgan fingerprint density at radius 2 is 1.54 bits per heavy atom. The zero-order chi connectivity index (χ0) is 10.2. The van der Waals surface area contributed by atoms with Crippen LogP contribution in [0.15, 0.2) is 17.5 Å². The Bertz CT molecular complexity index is 163. The summed E-state index contributed by atoms with van der Waals surface area (Å²) in [7, 11) is -1.03. The largest absolute Gasteiger partial charge is 0.134 e. The fourth-order valence-electron chi connectivity index (χ4n) is 1.52. The first-order chi connectivity index (χ1) is 6.24. The van der Waals surface area contributed by atoms with Crippen LogP contribution in [0.25, 0.3) is 0 Å². The van der Waals surface area contributed by atoms with Gasteiger partial charge in [0.15, 0.2) is 0 Å². The highest BCUT2D eigenvalue weighted by atomic mass is 28.3. The zero-order valence-corrected chi connectivity index (χ0v) is 10.7. The molecule has 1 heteroatoms. The van der Waals surface area contributed by atoms with Gasteiger partial charge in [0.25, 0.3) is 0 Å². The first kappa shape index (κ1) is 12.7. The molecule has 0 radical (unpaired) electrons. The maximum absolute atomic E-state index is 3.39. The van der Waals surface area contributed by atoms with E-state index in [4.69, 9.17) is 0 Å². The molecule has 0 aliphatic heterocycles. The molecule has 0 nitrogen and oxygen atoms in total. The van der Waals surface area contributed by atoms with Gasteiger partial charge in [-0.15, -0.1) is 5.73 Å². The molecule has 0 atom stereocenters. The Hall–Kier alpha value is -0.263. The van der Waals surface area contributed by atoms with Crippen LogP contribution in [0.5, 0.6) is 0 Å². The lowest BCUT2D eigenvalue weighted by atomic mass is 10.3. The van der Waals surface area contributed by atoms with Gasteiger partial charge in [0, 0.05) is 0 Å². The Morgan fingerprint density at radius 3 is 1.92 bits per heavy atom. The Balaban J connectivity index is 4.31. The highest BCUT2D eigenvalue weighted by molar-refractivity contribution is 6.84. The van der Waals surface area contributed by atoms with Crippen LogP contribution in [0.3, 0.4) is 0 Å². The zero-order valence-electron chi connectivity index (χ0n) is 9.69. The van der Waals surface area contributed by atoms with E-state index in [1.54, 1.807) is 0 Å². The van der Waals surface area contributed by atoms with E-state index in [-0.39, 0.29) is 0 Å². The molecule has 0 heterocycles.